The summed E-state index contributed by atoms with van der Waals surface area (Å²) in [5.41, 5.74) is 2.91. The molecule has 0 atom stereocenters. The maximum absolute atomic E-state index is 13.2. The summed E-state index contributed by atoms with van der Waals surface area (Å²) in [5.74, 6) is 7.16. The molecule has 0 bridgehead atoms. The molecular formula is C25H25N3O3. The fraction of sp³-hybridized carbons (Fsp3) is 0.280. The van der Waals surface area contributed by atoms with Gasteiger partial charge in [-0.15, -0.1) is 0 Å². The molecule has 0 fully saturated rings. The molecule has 2 heterocycles. The van der Waals surface area contributed by atoms with Crippen molar-refractivity contribution in [2.45, 2.75) is 19.5 Å². The van der Waals surface area contributed by atoms with Crippen molar-refractivity contribution in [1.29, 1.82) is 0 Å². The predicted molar refractivity (Wildman–Crippen MR) is 120 cm³/mol. The van der Waals surface area contributed by atoms with Gasteiger partial charge in [0.15, 0.2) is 0 Å². The Kier molecular flexibility index (Phi) is 6.06. The molecule has 0 spiro atoms. The van der Waals surface area contributed by atoms with Crippen LogP contribution >= 0.6 is 0 Å². The van der Waals surface area contributed by atoms with E-state index in [4.69, 9.17) is 4.74 Å². The molecule has 0 amide bonds. The third-order valence-corrected chi connectivity index (χ3v) is 5.63. The fourth-order valence-electron chi connectivity index (χ4n) is 3.88. The minimum atomic E-state index is -0.264. The molecule has 158 valence electrons. The maximum Gasteiger partial charge on any atom is 0.331 e. The van der Waals surface area contributed by atoms with Crippen LogP contribution in [0.15, 0.2) is 64.2 Å². The molecule has 0 radical (unpaired) electrons. The summed E-state index contributed by atoms with van der Waals surface area (Å²) in [6.07, 6.45) is 0.659. The van der Waals surface area contributed by atoms with Crippen LogP contribution in [0.25, 0.3) is 0 Å². The van der Waals surface area contributed by atoms with E-state index in [9.17, 15) is 9.59 Å². The van der Waals surface area contributed by atoms with Crippen molar-refractivity contribution in [1.82, 2.24) is 14.0 Å². The molecule has 0 N–H and O–H groups in total. The molecule has 1 aliphatic rings. The first kappa shape index (κ1) is 20.7. The van der Waals surface area contributed by atoms with Crippen molar-refractivity contribution < 1.29 is 4.74 Å². The number of rotatable bonds is 4. The highest BCUT2D eigenvalue weighted by atomic mass is 16.5. The summed E-state index contributed by atoms with van der Waals surface area (Å²) in [6, 6.07) is 17.2. The molecule has 1 aromatic heterocycles. The summed E-state index contributed by atoms with van der Waals surface area (Å²) in [6.45, 7) is 2.09. The van der Waals surface area contributed by atoms with Crippen LogP contribution in [0.3, 0.4) is 0 Å². The third kappa shape index (κ3) is 4.47. The molecular weight excluding hydrogens is 390 g/mol. The van der Waals surface area contributed by atoms with Gasteiger partial charge in [0.25, 0.3) is 5.56 Å². The number of methoxy groups -OCH3 is 1. The van der Waals surface area contributed by atoms with E-state index in [1.165, 1.54) is 4.57 Å². The van der Waals surface area contributed by atoms with Gasteiger partial charge >= 0.3 is 5.69 Å². The standard InChI is InChI=1S/C25H25N3O3/c1-26-23-14-16-27(15-6-9-19-10-12-21(31-2)13-11-19)18-22(23)24(29)28(25(26)30)17-20-7-4-3-5-8-20/h3-5,7-8,10-13H,14-18H2,1-2H3. The molecule has 2 aromatic carbocycles. The van der Waals surface area contributed by atoms with E-state index in [2.05, 4.69) is 16.7 Å². The third-order valence-electron chi connectivity index (χ3n) is 5.63. The fourth-order valence-corrected chi connectivity index (χ4v) is 3.88. The molecule has 0 unspecified atom stereocenters. The van der Waals surface area contributed by atoms with Crippen molar-refractivity contribution in [2.24, 2.45) is 7.05 Å². The average Bonchev–Trinajstić information content (AvgIpc) is 2.81. The van der Waals surface area contributed by atoms with E-state index in [0.29, 0.717) is 25.1 Å². The van der Waals surface area contributed by atoms with E-state index in [-0.39, 0.29) is 17.8 Å². The van der Waals surface area contributed by atoms with Crippen LogP contribution in [0, 0.1) is 11.8 Å². The molecule has 0 saturated heterocycles. The summed E-state index contributed by atoms with van der Waals surface area (Å²) < 4.78 is 8.13. The van der Waals surface area contributed by atoms with E-state index in [0.717, 1.165) is 29.1 Å². The molecule has 1 aliphatic heterocycles. The normalized spacial score (nSPS) is 13.2. The quantitative estimate of drug-likeness (QED) is 0.612. The Morgan fingerprint density at radius 3 is 2.48 bits per heavy atom. The number of nitrogens with zero attached hydrogens (tertiary/aromatic N) is 3. The largest absolute Gasteiger partial charge is 0.497 e. The number of hydrogen-bond acceptors (Lipinski definition) is 4. The van der Waals surface area contributed by atoms with Gasteiger partial charge in [0.2, 0.25) is 0 Å². The van der Waals surface area contributed by atoms with E-state index >= 15 is 0 Å². The Morgan fingerprint density at radius 2 is 1.77 bits per heavy atom. The lowest BCUT2D eigenvalue weighted by Gasteiger charge is -2.28. The van der Waals surface area contributed by atoms with Crippen LogP contribution in [0.1, 0.15) is 22.4 Å². The molecule has 4 rings (SSSR count). The summed E-state index contributed by atoms with van der Waals surface area (Å²) >= 11 is 0. The SMILES string of the molecule is COc1ccc(C#CCN2CCc3c(c(=O)n(Cc4ccccc4)c(=O)n3C)C2)cc1. The molecule has 6 heteroatoms. The first-order valence-corrected chi connectivity index (χ1v) is 10.3. The summed E-state index contributed by atoms with van der Waals surface area (Å²) in [5, 5.41) is 0. The van der Waals surface area contributed by atoms with Crippen molar-refractivity contribution in [3.8, 4) is 17.6 Å². The molecule has 6 nitrogen and oxygen atoms in total. The van der Waals surface area contributed by atoms with Gasteiger partial charge < -0.3 is 9.30 Å². The number of benzene rings is 2. The lowest BCUT2D eigenvalue weighted by Crippen LogP contribution is -2.47. The molecule has 0 aliphatic carbocycles. The second-order valence-corrected chi connectivity index (χ2v) is 7.63. The van der Waals surface area contributed by atoms with Gasteiger partial charge in [0.05, 0.1) is 25.8 Å². The summed E-state index contributed by atoms with van der Waals surface area (Å²) in [7, 11) is 3.39. The minimum absolute atomic E-state index is 0.199. The zero-order valence-corrected chi connectivity index (χ0v) is 17.8. The summed E-state index contributed by atoms with van der Waals surface area (Å²) in [4.78, 5) is 28.1. The maximum atomic E-state index is 13.2. The van der Waals surface area contributed by atoms with Gasteiger partial charge in [-0.1, -0.05) is 42.2 Å². The Hall–Kier alpha value is -3.56. The van der Waals surface area contributed by atoms with Crippen LogP contribution in [0.5, 0.6) is 5.75 Å². The van der Waals surface area contributed by atoms with Gasteiger partial charge in [-0.25, -0.2) is 4.79 Å². The first-order chi connectivity index (χ1) is 15.1. The molecule has 31 heavy (non-hydrogen) atoms. The van der Waals surface area contributed by atoms with Crippen molar-refractivity contribution >= 4 is 0 Å². The minimum Gasteiger partial charge on any atom is -0.497 e. The zero-order chi connectivity index (χ0) is 21.8. The highest BCUT2D eigenvalue weighted by molar-refractivity contribution is 5.38. The Bertz CT molecular complexity index is 1250. The highest BCUT2D eigenvalue weighted by Gasteiger charge is 2.23. The van der Waals surface area contributed by atoms with E-state index in [1.807, 2.05) is 54.6 Å². The van der Waals surface area contributed by atoms with Crippen molar-refractivity contribution in [3.63, 3.8) is 0 Å². The average molecular weight is 415 g/mol. The van der Waals surface area contributed by atoms with Crippen molar-refractivity contribution in [2.75, 3.05) is 20.2 Å². The van der Waals surface area contributed by atoms with E-state index < -0.39 is 0 Å². The van der Waals surface area contributed by atoms with Crippen LogP contribution in [0.2, 0.25) is 0 Å². The van der Waals surface area contributed by atoms with Crippen LogP contribution in [0.4, 0.5) is 0 Å². The monoisotopic (exact) mass is 415 g/mol. The number of aromatic nitrogens is 2. The lowest BCUT2D eigenvalue weighted by atomic mass is 10.1. The van der Waals surface area contributed by atoms with Gasteiger partial charge in [-0.3, -0.25) is 14.3 Å². The second-order valence-electron chi connectivity index (χ2n) is 7.63. The molecule has 3 aromatic rings. The van der Waals surface area contributed by atoms with Gasteiger partial charge in [0, 0.05) is 37.8 Å². The van der Waals surface area contributed by atoms with Gasteiger partial charge in [-0.2, -0.15) is 0 Å². The second kappa shape index (κ2) is 9.07. The van der Waals surface area contributed by atoms with Gasteiger partial charge in [-0.05, 0) is 29.8 Å². The zero-order valence-electron chi connectivity index (χ0n) is 17.8. The highest BCUT2D eigenvalue weighted by Crippen LogP contribution is 2.14. The lowest BCUT2D eigenvalue weighted by molar-refractivity contribution is 0.275. The molecule has 0 saturated carbocycles. The predicted octanol–water partition coefficient (Wildman–Crippen LogP) is 2.01. The Morgan fingerprint density at radius 1 is 1.03 bits per heavy atom. The number of ether oxygens (including phenoxy) is 1. The van der Waals surface area contributed by atoms with Crippen LogP contribution in [-0.4, -0.2) is 34.2 Å². The smallest absolute Gasteiger partial charge is 0.331 e. The Labute approximate surface area is 181 Å². The van der Waals surface area contributed by atoms with Crippen LogP contribution < -0.4 is 16.0 Å². The van der Waals surface area contributed by atoms with Crippen molar-refractivity contribution in [3.05, 3.63) is 97.8 Å². The van der Waals surface area contributed by atoms with Crippen LogP contribution in [-0.2, 0) is 26.6 Å². The van der Waals surface area contributed by atoms with Gasteiger partial charge in [0.1, 0.15) is 5.75 Å². The topological polar surface area (TPSA) is 56.5 Å². The Balaban J connectivity index is 1.55. The van der Waals surface area contributed by atoms with E-state index in [1.54, 1.807) is 18.7 Å². The number of hydrogen-bond donors (Lipinski definition) is 0. The first-order valence-electron chi connectivity index (χ1n) is 10.3. The number of fused-ring (bicyclic) bond motifs is 1.